The highest BCUT2D eigenvalue weighted by molar-refractivity contribution is 6.25. The van der Waals surface area contributed by atoms with Crippen LogP contribution in [-0.4, -0.2) is 89.4 Å². The second-order valence-electron chi connectivity index (χ2n) is 12.8. The van der Waals surface area contributed by atoms with Crippen molar-refractivity contribution in [3.05, 3.63) is 63.6 Å². The van der Waals surface area contributed by atoms with E-state index in [9.17, 15) is 34.8 Å². The van der Waals surface area contributed by atoms with Crippen LogP contribution in [-0.2, 0) is 22.6 Å². The number of primary amides is 1. The molecule has 6 rings (SSSR count). The van der Waals surface area contributed by atoms with Crippen LogP contribution in [0.5, 0.6) is 17.2 Å². The average Bonchev–Trinajstić information content (AvgIpc) is 3.42. The van der Waals surface area contributed by atoms with Gasteiger partial charge in [0, 0.05) is 43.2 Å². The number of nitrogens with one attached hydrogen (secondary N) is 1. The number of aliphatic hydroxyl groups excluding tert-OH is 2. The predicted octanol–water partition coefficient (Wildman–Crippen LogP) is 1.92. The van der Waals surface area contributed by atoms with Gasteiger partial charge < -0.3 is 45.9 Å². The maximum Gasteiger partial charge on any atom is 0.255 e. The SMILES string of the molecule is CN(C)c1cc(NCc2ccc3c(c2)OCO3)c(O)c2c1C[C@@]1(C)C[C@H]3[C@H](N(C)C)C(O)=C(C(N)=O)C(=O)[C@@]3(O)C(O)=C1C2=O. The molecule has 1 amide bonds. The van der Waals surface area contributed by atoms with Crippen molar-refractivity contribution >= 4 is 28.8 Å². The molecule has 4 atom stereocenters. The van der Waals surface area contributed by atoms with Crippen LogP contribution in [0.2, 0.25) is 0 Å². The van der Waals surface area contributed by atoms with Gasteiger partial charge in [0.2, 0.25) is 12.6 Å². The first-order chi connectivity index (χ1) is 21.1. The molecule has 0 saturated carbocycles. The lowest BCUT2D eigenvalue weighted by molar-refractivity contribution is -0.150. The molecule has 3 aliphatic carbocycles. The minimum Gasteiger partial charge on any atom is -0.510 e. The summed E-state index contributed by atoms with van der Waals surface area (Å²) >= 11 is 0. The van der Waals surface area contributed by atoms with Gasteiger partial charge >= 0.3 is 0 Å². The van der Waals surface area contributed by atoms with Crippen LogP contribution in [0.4, 0.5) is 11.4 Å². The van der Waals surface area contributed by atoms with Gasteiger partial charge in [0.05, 0.1) is 17.3 Å². The monoisotopic (exact) mass is 620 g/mol. The highest BCUT2D eigenvalue weighted by Crippen LogP contribution is 2.58. The zero-order valence-corrected chi connectivity index (χ0v) is 25.6. The van der Waals surface area contributed by atoms with Crippen molar-refractivity contribution in [1.29, 1.82) is 0 Å². The molecule has 0 unspecified atom stereocenters. The number of ketones is 2. The number of ether oxygens (including phenoxy) is 2. The summed E-state index contributed by atoms with van der Waals surface area (Å²) in [6.07, 6.45) is 0.140. The number of aliphatic hydroxyl groups is 3. The van der Waals surface area contributed by atoms with E-state index in [1.54, 1.807) is 47.2 Å². The lowest BCUT2D eigenvalue weighted by Crippen LogP contribution is -2.65. The topological polar surface area (TPSA) is 195 Å². The third-order valence-electron chi connectivity index (χ3n) is 9.51. The maximum absolute atomic E-state index is 14.4. The first kappa shape index (κ1) is 30.3. The van der Waals surface area contributed by atoms with E-state index in [0.29, 0.717) is 22.7 Å². The smallest absolute Gasteiger partial charge is 0.255 e. The number of hydrogen-bond acceptors (Lipinski definition) is 12. The van der Waals surface area contributed by atoms with Crippen LogP contribution in [0.25, 0.3) is 0 Å². The fourth-order valence-corrected chi connectivity index (χ4v) is 7.45. The van der Waals surface area contributed by atoms with E-state index in [2.05, 4.69) is 5.32 Å². The molecule has 4 aliphatic rings. The van der Waals surface area contributed by atoms with Crippen molar-refractivity contribution in [1.82, 2.24) is 4.90 Å². The summed E-state index contributed by atoms with van der Waals surface area (Å²) < 4.78 is 10.8. The molecule has 2 aromatic rings. The number of likely N-dealkylation sites (N-methyl/N-ethyl adjacent to an activating group) is 1. The number of aromatic hydroxyl groups is 1. The number of amides is 1. The van der Waals surface area contributed by atoms with Gasteiger partial charge in [-0.2, -0.15) is 0 Å². The lowest BCUT2D eigenvalue weighted by Gasteiger charge is -2.53. The molecule has 13 nitrogen and oxygen atoms in total. The number of allylic oxidation sites excluding steroid dienone is 1. The molecule has 0 bridgehead atoms. The third kappa shape index (κ3) is 4.25. The zero-order valence-electron chi connectivity index (χ0n) is 25.6. The van der Waals surface area contributed by atoms with Crippen molar-refractivity contribution in [3.63, 3.8) is 0 Å². The van der Waals surface area contributed by atoms with Crippen molar-refractivity contribution in [2.24, 2.45) is 17.1 Å². The second-order valence-corrected chi connectivity index (χ2v) is 12.8. The highest BCUT2D eigenvalue weighted by atomic mass is 16.7. The maximum atomic E-state index is 14.4. The van der Waals surface area contributed by atoms with Crippen molar-refractivity contribution < 1.29 is 44.3 Å². The minimum atomic E-state index is -2.72. The van der Waals surface area contributed by atoms with Crippen LogP contribution >= 0.6 is 0 Å². The number of fused-ring (bicyclic) bond motifs is 4. The molecule has 0 aromatic heterocycles. The number of nitrogens with zero attached hydrogens (tertiary/aromatic N) is 2. The van der Waals surface area contributed by atoms with Gasteiger partial charge in [-0.15, -0.1) is 0 Å². The Morgan fingerprint density at radius 2 is 1.78 bits per heavy atom. The fraction of sp³-hybridized carbons (Fsp3) is 0.406. The Kier molecular flexibility index (Phi) is 6.82. The molecule has 238 valence electrons. The van der Waals surface area contributed by atoms with Crippen LogP contribution in [0.15, 0.2) is 46.9 Å². The quantitative estimate of drug-likeness (QED) is 0.203. The largest absolute Gasteiger partial charge is 0.510 e. The van der Waals surface area contributed by atoms with Gasteiger partial charge in [-0.1, -0.05) is 13.0 Å². The molecule has 1 aliphatic heterocycles. The normalized spacial score (nSPS) is 26.9. The summed E-state index contributed by atoms with van der Waals surface area (Å²) in [6, 6.07) is 6.11. The molecule has 7 N–H and O–H groups in total. The summed E-state index contributed by atoms with van der Waals surface area (Å²) in [5.41, 5.74) is 2.71. The summed E-state index contributed by atoms with van der Waals surface area (Å²) in [7, 11) is 6.80. The average molecular weight is 621 g/mol. The number of carbonyl (C=O) groups excluding carboxylic acids is 3. The Labute approximate surface area is 259 Å². The van der Waals surface area contributed by atoms with Gasteiger partial charge in [-0.25, -0.2) is 0 Å². The number of Topliss-reactive ketones (excluding diaryl/α,β-unsaturated/α-hetero) is 2. The number of anilines is 2. The van der Waals surface area contributed by atoms with E-state index in [1.807, 2.05) is 17.0 Å². The lowest BCUT2D eigenvalue weighted by atomic mass is 9.53. The Bertz CT molecular complexity index is 1750. The second kappa shape index (κ2) is 10.1. The van der Waals surface area contributed by atoms with Crippen molar-refractivity contribution in [2.45, 2.75) is 38.0 Å². The summed E-state index contributed by atoms with van der Waals surface area (Å²) in [5.74, 6) is -5.08. The van der Waals surface area contributed by atoms with Gasteiger partial charge in [0.25, 0.3) is 5.91 Å². The van der Waals surface area contributed by atoms with Gasteiger partial charge in [0.1, 0.15) is 22.8 Å². The number of rotatable bonds is 6. The number of nitrogens with two attached hydrogens (primary N) is 1. The number of carbonyl (C=O) groups is 3. The Balaban J connectivity index is 1.48. The standard InChI is InChI=1S/C32H36N4O9/c1-31-10-15-18(35(2)3)9-17(34-12-14-6-7-19-20(8-14)45-13-44-19)25(37)21(15)26(38)23(31)29(41)32(43)16(11-31)24(36(4)5)27(39)22(28(32)40)30(33)42/h6-9,16,24,34,37,39,41,43H,10-13H2,1-5H3,(H2,33,42)/t16-,24-,31-,32+/m0/s1. The molecule has 2 aromatic carbocycles. The van der Waals surface area contributed by atoms with Gasteiger partial charge in [0.15, 0.2) is 22.9 Å². The number of hydrogen-bond donors (Lipinski definition) is 6. The van der Waals surface area contributed by atoms with Crippen LogP contribution in [0, 0.1) is 11.3 Å². The molecular weight excluding hydrogens is 584 g/mol. The zero-order chi connectivity index (χ0) is 32.7. The van der Waals surface area contributed by atoms with Crippen LogP contribution < -0.4 is 25.4 Å². The van der Waals surface area contributed by atoms with E-state index in [0.717, 1.165) is 5.56 Å². The molecule has 13 heteroatoms. The first-order valence-corrected chi connectivity index (χ1v) is 14.5. The van der Waals surface area contributed by atoms with Crippen molar-refractivity contribution in [3.8, 4) is 17.2 Å². The highest BCUT2D eigenvalue weighted by Gasteiger charge is 2.65. The van der Waals surface area contributed by atoms with Gasteiger partial charge in [-0.05, 0) is 56.3 Å². The molecule has 0 saturated heterocycles. The molecule has 0 fully saturated rings. The number of phenolic OH excluding ortho intramolecular Hbond substituents is 1. The molecule has 0 spiro atoms. The Morgan fingerprint density at radius 1 is 1.09 bits per heavy atom. The molecule has 0 radical (unpaired) electrons. The van der Waals surface area contributed by atoms with Gasteiger partial charge in [-0.3, -0.25) is 19.3 Å². The van der Waals surface area contributed by atoms with E-state index in [-0.39, 0.29) is 48.8 Å². The summed E-state index contributed by atoms with van der Waals surface area (Å²) in [6.45, 7) is 2.14. The number of phenols is 1. The van der Waals surface area contributed by atoms with Crippen LogP contribution in [0.3, 0.4) is 0 Å². The Morgan fingerprint density at radius 3 is 2.42 bits per heavy atom. The first-order valence-electron chi connectivity index (χ1n) is 14.5. The molecule has 1 heterocycles. The molecule has 45 heavy (non-hydrogen) atoms. The van der Waals surface area contributed by atoms with E-state index < -0.39 is 57.5 Å². The minimum absolute atomic E-state index is 0.0174. The van der Waals surface area contributed by atoms with Crippen LogP contribution in [0.1, 0.15) is 34.8 Å². The Hall–Kier alpha value is -4.75. The predicted molar refractivity (Wildman–Crippen MR) is 163 cm³/mol. The fourth-order valence-electron chi connectivity index (χ4n) is 7.45. The van der Waals surface area contributed by atoms with Crippen molar-refractivity contribution in [2.75, 3.05) is 45.2 Å². The summed E-state index contributed by atoms with van der Waals surface area (Å²) in [4.78, 5) is 43.6. The van der Waals surface area contributed by atoms with E-state index in [1.165, 1.54) is 4.90 Å². The van der Waals surface area contributed by atoms with E-state index >= 15 is 0 Å². The van der Waals surface area contributed by atoms with E-state index in [4.69, 9.17) is 15.2 Å². The number of benzene rings is 2. The third-order valence-corrected chi connectivity index (χ3v) is 9.51. The summed E-state index contributed by atoms with van der Waals surface area (Å²) in [5, 5.41) is 49.4. The molecular formula is C32H36N4O9.